The molecule has 1 saturated heterocycles. The normalized spacial score (nSPS) is 13.2. The van der Waals surface area contributed by atoms with Crippen molar-refractivity contribution in [2.75, 3.05) is 52.4 Å². The number of methoxy groups -OCH3 is 2. The molecule has 2 heterocycles. The molecule has 1 aliphatic heterocycles. The van der Waals surface area contributed by atoms with E-state index < -0.39 is 17.2 Å². The van der Waals surface area contributed by atoms with Gasteiger partial charge in [-0.2, -0.15) is 0 Å². The minimum atomic E-state index is -0.478. The van der Waals surface area contributed by atoms with Crippen molar-refractivity contribution >= 4 is 17.5 Å². The third-order valence-electron chi connectivity index (χ3n) is 5.84. The van der Waals surface area contributed by atoms with Crippen LogP contribution in [0.5, 0.6) is 11.5 Å². The SMILES string of the molecule is COc1ccc(-n2c(NCC(=O)N3CCOCC3)c(C(=O)c3ccc(F)cc3)ccc2=O)c(OC)c1. The van der Waals surface area contributed by atoms with Gasteiger partial charge in [0.1, 0.15) is 23.1 Å². The molecular formula is C26H26FN3O6. The number of nitrogens with one attached hydrogen (secondary N) is 1. The van der Waals surface area contributed by atoms with Crippen LogP contribution in [0.15, 0.2) is 59.4 Å². The summed E-state index contributed by atoms with van der Waals surface area (Å²) in [7, 11) is 2.96. The standard InChI is InChI=1S/C26H26FN3O6/c1-34-19-7-9-21(22(15-19)35-2)30-23(31)10-8-20(25(33)17-3-5-18(27)6-4-17)26(30)28-16-24(32)29-11-13-36-14-12-29/h3-10,15,28H,11-14,16H2,1-2H3. The second-order valence-electron chi connectivity index (χ2n) is 7.99. The highest BCUT2D eigenvalue weighted by molar-refractivity contribution is 6.12. The smallest absolute Gasteiger partial charge is 0.256 e. The molecule has 0 unspecified atom stereocenters. The van der Waals surface area contributed by atoms with Gasteiger partial charge >= 0.3 is 0 Å². The van der Waals surface area contributed by atoms with Crippen LogP contribution >= 0.6 is 0 Å². The van der Waals surface area contributed by atoms with E-state index in [0.29, 0.717) is 43.5 Å². The van der Waals surface area contributed by atoms with Gasteiger partial charge < -0.3 is 24.4 Å². The largest absolute Gasteiger partial charge is 0.497 e. The first-order valence-electron chi connectivity index (χ1n) is 11.3. The zero-order chi connectivity index (χ0) is 25.7. The van der Waals surface area contributed by atoms with Gasteiger partial charge in [0, 0.05) is 30.8 Å². The third-order valence-corrected chi connectivity index (χ3v) is 5.84. The predicted octanol–water partition coefficient (Wildman–Crippen LogP) is 2.50. The molecule has 0 radical (unpaired) electrons. The van der Waals surface area contributed by atoms with Crippen LogP contribution in [0.3, 0.4) is 0 Å². The number of anilines is 1. The van der Waals surface area contributed by atoms with Gasteiger partial charge in [-0.3, -0.25) is 19.0 Å². The van der Waals surface area contributed by atoms with Gasteiger partial charge in [0.15, 0.2) is 5.78 Å². The molecule has 9 nitrogen and oxygen atoms in total. The van der Waals surface area contributed by atoms with Crippen molar-refractivity contribution in [3.63, 3.8) is 0 Å². The van der Waals surface area contributed by atoms with Gasteiger partial charge in [-0.05, 0) is 42.5 Å². The molecule has 0 bridgehead atoms. The maximum Gasteiger partial charge on any atom is 0.256 e. The molecule has 0 atom stereocenters. The molecule has 0 saturated carbocycles. The molecule has 10 heteroatoms. The van der Waals surface area contributed by atoms with Crippen molar-refractivity contribution in [1.82, 2.24) is 9.47 Å². The maximum atomic E-state index is 13.5. The Kier molecular flexibility index (Phi) is 7.65. The maximum absolute atomic E-state index is 13.5. The number of hydrogen-bond acceptors (Lipinski definition) is 7. The number of carbonyl (C=O) groups is 2. The van der Waals surface area contributed by atoms with E-state index in [-0.39, 0.29) is 29.4 Å². The quantitative estimate of drug-likeness (QED) is 0.480. The summed E-state index contributed by atoms with van der Waals surface area (Å²) in [5, 5.41) is 3.01. The number of carbonyl (C=O) groups excluding carboxylic acids is 2. The van der Waals surface area contributed by atoms with Crippen LogP contribution in [0.4, 0.5) is 10.2 Å². The van der Waals surface area contributed by atoms with Crippen LogP contribution in [0.1, 0.15) is 15.9 Å². The summed E-state index contributed by atoms with van der Waals surface area (Å²) < 4.78 is 30.8. The Balaban J connectivity index is 1.81. The van der Waals surface area contributed by atoms with Crippen LogP contribution in [0.25, 0.3) is 5.69 Å². The fraction of sp³-hybridized carbons (Fsp3) is 0.269. The summed E-state index contributed by atoms with van der Waals surface area (Å²) in [5.74, 6) is -0.180. The Morgan fingerprint density at radius 2 is 1.72 bits per heavy atom. The lowest BCUT2D eigenvalue weighted by atomic mass is 10.0. The van der Waals surface area contributed by atoms with Crippen LogP contribution in [-0.4, -0.2) is 68.2 Å². The number of ketones is 1. The van der Waals surface area contributed by atoms with Gasteiger partial charge in [-0.1, -0.05) is 0 Å². The highest BCUT2D eigenvalue weighted by Crippen LogP contribution is 2.30. The predicted molar refractivity (Wildman–Crippen MR) is 131 cm³/mol. The van der Waals surface area contributed by atoms with E-state index in [1.807, 2.05) is 0 Å². The number of benzene rings is 2. The molecule has 188 valence electrons. The third kappa shape index (κ3) is 5.23. The lowest BCUT2D eigenvalue weighted by Gasteiger charge is -2.27. The highest BCUT2D eigenvalue weighted by Gasteiger charge is 2.23. The summed E-state index contributed by atoms with van der Waals surface area (Å²) in [6, 6.07) is 12.6. The Hall–Kier alpha value is -4.18. The lowest BCUT2D eigenvalue weighted by molar-refractivity contribution is -0.133. The van der Waals surface area contributed by atoms with E-state index in [1.54, 1.807) is 23.1 Å². The molecule has 3 aromatic rings. The van der Waals surface area contributed by atoms with Crippen molar-refractivity contribution in [3.8, 4) is 17.2 Å². The molecule has 36 heavy (non-hydrogen) atoms. The van der Waals surface area contributed by atoms with Crippen molar-refractivity contribution in [3.05, 3.63) is 81.9 Å². The van der Waals surface area contributed by atoms with Gasteiger partial charge in [-0.15, -0.1) is 0 Å². The Bertz CT molecular complexity index is 1320. The monoisotopic (exact) mass is 495 g/mol. The summed E-state index contributed by atoms with van der Waals surface area (Å²) in [5.41, 5.74) is 0.258. The number of amides is 1. The minimum absolute atomic E-state index is 0.113. The van der Waals surface area contributed by atoms with Gasteiger partial charge in [0.2, 0.25) is 5.91 Å². The number of morpholine rings is 1. The lowest BCUT2D eigenvalue weighted by Crippen LogP contribution is -2.43. The second-order valence-corrected chi connectivity index (χ2v) is 7.99. The van der Waals surface area contributed by atoms with Crippen LogP contribution in [0.2, 0.25) is 0 Å². The Morgan fingerprint density at radius 3 is 2.39 bits per heavy atom. The number of nitrogens with zero attached hydrogens (tertiary/aromatic N) is 2. The van der Waals surface area contributed by atoms with Crippen LogP contribution in [-0.2, 0) is 9.53 Å². The average molecular weight is 496 g/mol. The molecule has 2 aromatic carbocycles. The summed E-state index contributed by atoms with van der Waals surface area (Å²) in [6.07, 6.45) is 0. The zero-order valence-electron chi connectivity index (χ0n) is 20.0. The average Bonchev–Trinajstić information content (AvgIpc) is 2.92. The van der Waals surface area contributed by atoms with Gasteiger partial charge in [0.05, 0.1) is 45.2 Å². The number of aromatic nitrogens is 1. The van der Waals surface area contributed by atoms with E-state index >= 15 is 0 Å². The molecule has 1 aliphatic rings. The van der Waals surface area contributed by atoms with E-state index in [2.05, 4.69) is 5.32 Å². The van der Waals surface area contributed by atoms with Crippen molar-refractivity contribution in [1.29, 1.82) is 0 Å². The number of ether oxygens (including phenoxy) is 3. The summed E-state index contributed by atoms with van der Waals surface area (Å²) >= 11 is 0. The fourth-order valence-corrected chi connectivity index (χ4v) is 3.95. The van der Waals surface area contributed by atoms with Crippen LogP contribution in [0, 0.1) is 5.82 Å². The van der Waals surface area contributed by atoms with Gasteiger partial charge in [-0.25, -0.2) is 4.39 Å². The minimum Gasteiger partial charge on any atom is -0.497 e. The van der Waals surface area contributed by atoms with Crippen LogP contribution < -0.4 is 20.3 Å². The number of halogens is 1. The molecule has 0 aliphatic carbocycles. The topological polar surface area (TPSA) is 99.1 Å². The highest BCUT2D eigenvalue weighted by atomic mass is 19.1. The fourth-order valence-electron chi connectivity index (χ4n) is 3.95. The Labute approximate surface area is 207 Å². The van der Waals surface area contributed by atoms with E-state index in [1.165, 1.54) is 55.2 Å². The van der Waals surface area contributed by atoms with Crippen molar-refractivity contribution < 1.29 is 28.2 Å². The van der Waals surface area contributed by atoms with E-state index in [4.69, 9.17) is 14.2 Å². The second kappa shape index (κ2) is 11.0. The molecule has 1 N–H and O–H groups in total. The molecule has 4 rings (SSSR count). The number of pyridine rings is 1. The zero-order valence-corrected chi connectivity index (χ0v) is 20.0. The van der Waals surface area contributed by atoms with E-state index in [0.717, 1.165) is 0 Å². The Morgan fingerprint density at radius 1 is 1.00 bits per heavy atom. The summed E-state index contributed by atoms with van der Waals surface area (Å²) in [6.45, 7) is 1.63. The molecule has 1 amide bonds. The molecule has 1 fully saturated rings. The van der Waals surface area contributed by atoms with Crippen molar-refractivity contribution in [2.24, 2.45) is 0 Å². The number of rotatable bonds is 8. The first-order valence-corrected chi connectivity index (χ1v) is 11.3. The molecule has 1 aromatic heterocycles. The van der Waals surface area contributed by atoms with E-state index in [9.17, 15) is 18.8 Å². The number of hydrogen-bond donors (Lipinski definition) is 1. The first kappa shape index (κ1) is 24.9. The molecule has 0 spiro atoms. The summed E-state index contributed by atoms with van der Waals surface area (Å²) in [4.78, 5) is 41.1. The first-order chi connectivity index (χ1) is 17.4. The van der Waals surface area contributed by atoms with Gasteiger partial charge in [0.25, 0.3) is 5.56 Å². The molecular weight excluding hydrogens is 469 g/mol. The van der Waals surface area contributed by atoms with Crippen molar-refractivity contribution in [2.45, 2.75) is 0 Å².